The number of likely N-dealkylation sites (N-methyl/N-ethyl adjacent to an activating group) is 1. The van der Waals surface area contributed by atoms with Crippen LogP contribution in [0.5, 0.6) is 0 Å². The third-order valence-corrected chi connectivity index (χ3v) is 5.35. The van der Waals surface area contributed by atoms with Gasteiger partial charge in [-0.3, -0.25) is 14.6 Å². The van der Waals surface area contributed by atoms with Crippen LogP contribution in [0.2, 0.25) is 0 Å². The molecule has 0 bridgehead atoms. The van der Waals surface area contributed by atoms with Gasteiger partial charge in [-0.15, -0.1) is 0 Å². The predicted molar refractivity (Wildman–Crippen MR) is 109 cm³/mol. The Hall–Kier alpha value is -1.91. The highest BCUT2D eigenvalue weighted by Gasteiger charge is 2.40. The number of nitrogens with one attached hydrogen (secondary N) is 2. The summed E-state index contributed by atoms with van der Waals surface area (Å²) >= 11 is 0. The highest BCUT2D eigenvalue weighted by Crippen LogP contribution is 2.30. The molecule has 2 rings (SSSR count). The first-order chi connectivity index (χ1) is 12.4. The lowest BCUT2D eigenvalue weighted by molar-refractivity contribution is -0.128. The average Bonchev–Trinajstić information content (AvgIpc) is 2.59. The summed E-state index contributed by atoms with van der Waals surface area (Å²) in [5.74, 6) is -0.296. The summed E-state index contributed by atoms with van der Waals surface area (Å²) < 4.78 is 0. The Morgan fingerprint density at radius 1 is 0.926 bits per heavy atom. The monoisotopic (exact) mass is 373 g/mol. The fourth-order valence-electron chi connectivity index (χ4n) is 3.52. The summed E-state index contributed by atoms with van der Waals surface area (Å²) in [4.78, 5) is 30.6. The van der Waals surface area contributed by atoms with Crippen molar-refractivity contribution < 1.29 is 9.59 Å². The average molecular weight is 374 g/mol. The van der Waals surface area contributed by atoms with E-state index in [0.29, 0.717) is 18.4 Å². The third kappa shape index (κ3) is 4.88. The molecule has 0 saturated heterocycles. The molecular weight excluding hydrogens is 338 g/mol. The number of pyridine rings is 1. The fourth-order valence-corrected chi connectivity index (χ4v) is 3.52. The molecule has 1 saturated carbocycles. The number of nitrogens with zero attached hydrogens (tertiary/aromatic N) is 1. The molecule has 0 unspecified atom stereocenters. The van der Waals surface area contributed by atoms with Crippen molar-refractivity contribution in [1.29, 1.82) is 0 Å². The summed E-state index contributed by atoms with van der Waals surface area (Å²) in [7, 11) is 1.63. The SMILES string of the molecule is CNC(=O)C1(NC(=O)c2cc(C(C)(C)C)nc(C(C)(C)C)c2)CCCCC1. The first kappa shape index (κ1) is 21.4. The Labute approximate surface area is 163 Å². The Morgan fingerprint density at radius 2 is 1.41 bits per heavy atom. The van der Waals surface area contributed by atoms with E-state index >= 15 is 0 Å². The molecule has 150 valence electrons. The molecule has 1 fully saturated rings. The molecule has 27 heavy (non-hydrogen) atoms. The van der Waals surface area contributed by atoms with Gasteiger partial charge in [0.15, 0.2) is 0 Å². The minimum atomic E-state index is -0.808. The van der Waals surface area contributed by atoms with Crippen LogP contribution in [0.1, 0.15) is 95.4 Å². The van der Waals surface area contributed by atoms with E-state index in [2.05, 4.69) is 52.2 Å². The maximum absolute atomic E-state index is 13.2. The maximum Gasteiger partial charge on any atom is 0.252 e. The van der Waals surface area contributed by atoms with Gasteiger partial charge in [-0.25, -0.2) is 0 Å². The highest BCUT2D eigenvalue weighted by molar-refractivity contribution is 5.99. The summed E-state index contributed by atoms with van der Waals surface area (Å²) in [5, 5.41) is 5.82. The van der Waals surface area contributed by atoms with Crippen LogP contribution in [0.4, 0.5) is 0 Å². The second kappa shape index (κ2) is 7.61. The van der Waals surface area contributed by atoms with Crippen LogP contribution in [0.15, 0.2) is 12.1 Å². The minimum absolute atomic E-state index is 0.100. The Balaban J connectivity index is 2.43. The smallest absolute Gasteiger partial charge is 0.252 e. The zero-order valence-electron chi connectivity index (χ0n) is 18.0. The molecule has 2 N–H and O–H groups in total. The molecule has 5 nitrogen and oxygen atoms in total. The molecule has 5 heteroatoms. The van der Waals surface area contributed by atoms with Crippen molar-refractivity contribution in [2.45, 2.75) is 90.0 Å². The summed E-state index contributed by atoms with van der Waals surface area (Å²) in [6.45, 7) is 12.6. The predicted octanol–water partition coefficient (Wildman–Crippen LogP) is 3.86. The van der Waals surface area contributed by atoms with Crippen LogP contribution in [-0.2, 0) is 15.6 Å². The molecule has 1 aromatic rings. The minimum Gasteiger partial charge on any atom is -0.357 e. The second-order valence-corrected chi connectivity index (χ2v) is 9.80. The second-order valence-electron chi connectivity index (χ2n) is 9.80. The number of amides is 2. The van der Waals surface area contributed by atoms with Gasteiger partial charge < -0.3 is 10.6 Å². The van der Waals surface area contributed by atoms with Gasteiger partial charge in [0.05, 0.1) is 0 Å². The van der Waals surface area contributed by atoms with Crippen LogP contribution < -0.4 is 10.6 Å². The Bertz CT molecular complexity index is 673. The molecule has 0 aliphatic heterocycles. The fraction of sp³-hybridized carbons (Fsp3) is 0.682. The van der Waals surface area contributed by atoms with Crippen LogP contribution in [0.25, 0.3) is 0 Å². The normalized spacial score (nSPS) is 17.3. The van der Waals surface area contributed by atoms with Gasteiger partial charge in [-0.1, -0.05) is 60.8 Å². The van der Waals surface area contributed by atoms with Crippen molar-refractivity contribution in [2.75, 3.05) is 7.05 Å². The van der Waals surface area contributed by atoms with E-state index in [4.69, 9.17) is 4.98 Å². The third-order valence-electron chi connectivity index (χ3n) is 5.35. The van der Waals surface area contributed by atoms with E-state index in [-0.39, 0.29) is 22.6 Å². The van der Waals surface area contributed by atoms with E-state index in [0.717, 1.165) is 30.7 Å². The molecule has 2 amide bonds. The van der Waals surface area contributed by atoms with E-state index in [1.165, 1.54) is 0 Å². The van der Waals surface area contributed by atoms with Crippen LogP contribution >= 0.6 is 0 Å². The van der Waals surface area contributed by atoms with Crippen LogP contribution in [0.3, 0.4) is 0 Å². The molecular formula is C22H35N3O2. The summed E-state index contributed by atoms with van der Waals surface area (Å²) in [6.07, 6.45) is 4.37. The van der Waals surface area contributed by atoms with Crippen molar-refractivity contribution in [2.24, 2.45) is 0 Å². The van der Waals surface area contributed by atoms with Crippen molar-refractivity contribution in [3.05, 3.63) is 29.1 Å². The number of carbonyl (C=O) groups is 2. The Morgan fingerprint density at radius 3 is 1.81 bits per heavy atom. The Kier molecular flexibility index (Phi) is 6.03. The first-order valence-corrected chi connectivity index (χ1v) is 9.97. The molecule has 1 aliphatic rings. The molecule has 1 heterocycles. The molecule has 0 aromatic carbocycles. The lowest BCUT2D eigenvalue weighted by Gasteiger charge is -2.36. The number of hydrogen-bond donors (Lipinski definition) is 2. The van der Waals surface area contributed by atoms with Crippen LogP contribution in [-0.4, -0.2) is 29.4 Å². The highest BCUT2D eigenvalue weighted by atomic mass is 16.2. The number of aromatic nitrogens is 1. The first-order valence-electron chi connectivity index (χ1n) is 9.97. The zero-order chi connectivity index (χ0) is 20.5. The van der Waals surface area contributed by atoms with Crippen LogP contribution in [0, 0.1) is 0 Å². The zero-order valence-corrected chi connectivity index (χ0v) is 18.0. The number of hydrogen-bond acceptors (Lipinski definition) is 3. The molecule has 0 radical (unpaired) electrons. The van der Waals surface area contributed by atoms with Gasteiger partial charge in [-0.05, 0) is 25.0 Å². The quantitative estimate of drug-likeness (QED) is 0.845. The van der Waals surface area contributed by atoms with Gasteiger partial charge in [-0.2, -0.15) is 0 Å². The van der Waals surface area contributed by atoms with E-state index in [1.807, 2.05) is 12.1 Å². The largest absolute Gasteiger partial charge is 0.357 e. The molecule has 0 atom stereocenters. The number of rotatable bonds is 3. The summed E-state index contributed by atoms with van der Waals surface area (Å²) in [6, 6.07) is 3.73. The van der Waals surface area contributed by atoms with Crippen molar-refractivity contribution in [3.63, 3.8) is 0 Å². The lowest BCUT2D eigenvalue weighted by atomic mass is 9.80. The molecule has 1 aromatic heterocycles. The van der Waals surface area contributed by atoms with Gasteiger partial charge >= 0.3 is 0 Å². The van der Waals surface area contributed by atoms with Gasteiger partial charge in [0.1, 0.15) is 5.54 Å². The van der Waals surface area contributed by atoms with E-state index in [1.54, 1.807) is 7.05 Å². The maximum atomic E-state index is 13.2. The number of carbonyl (C=O) groups excluding carboxylic acids is 2. The van der Waals surface area contributed by atoms with E-state index < -0.39 is 5.54 Å². The standard InChI is InChI=1S/C22H35N3O2/c1-20(2,3)16-13-15(14-17(24-16)21(4,5)6)18(26)25-22(19(27)23-7)11-9-8-10-12-22/h13-14H,8-12H2,1-7H3,(H,23,27)(H,25,26). The summed E-state index contributed by atoms with van der Waals surface area (Å²) in [5.41, 5.74) is 1.21. The van der Waals surface area contributed by atoms with Crippen molar-refractivity contribution >= 4 is 11.8 Å². The topological polar surface area (TPSA) is 71.1 Å². The van der Waals surface area contributed by atoms with Gasteiger partial charge in [0.2, 0.25) is 5.91 Å². The van der Waals surface area contributed by atoms with E-state index in [9.17, 15) is 9.59 Å². The van der Waals surface area contributed by atoms with Crippen molar-refractivity contribution in [3.8, 4) is 0 Å². The van der Waals surface area contributed by atoms with Gasteiger partial charge in [0, 0.05) is 34.8 Å². The molecule has 1 aliphatic carbocycles. The molecule has 0 spiro atoms. The lowest BCUT2D eigenvalue weighted by Crippen LogP contribution is -2.59. The van der Waals surface area contributed by atoms with Crippen molar-refractivity contribution in [1.82, 2.24) is 15.6 Å². The van der Waals surface area contributed by atoms with Gasteiger partial charge in [0.25, 0.3) is 5.91 Å².